The molecule has 3 aromatic carbocycles. The molecule has 0 aliphatic heterocycles. The highest BCUT2D eigenvalue weighted by atomic mass is 14.3. The molecule has 29 heavy (non-hydrogen) atoms. The van der Waals surface area contributed by atoms with Crippen molar-refractivity contribution in [1.29, 1.82) is 0 Å². The van der Waals surface area contributed by atoms with Crippen LogP contribution in [-0.2, 0) is 5.41 Å². The van der Waals surface area contributed by atoms with E-state index in [1.54, 1.807) is 0 Å². The van der Waals surface area contributed by atoms with Gasteiger partial charge in [-0.05, 0) is 111 Å². The lowest BCUT2D eigenvalue weighted by Gasteiger charge is -2.27. The largest absolute Gasteiger partial charge is 0.0588 e. The Labute approximate surface area is 179 Å². The van der Waals surface area contributed by atoms with Crippen molar-refractivity contribution in [3.63, 3.8) is 0 Å². The van der Waals surface area contributed by atoms with Gasteiger partial charge in [-0.3, -0.25) is 0 Å². The van der Waals surface area contributed by atoms with Gasteiger partial charge in [0.15, 0.2) is 0 Å². The van der Waals surface area contributed by atoms with Crippen molar-refractivity contribution in [3.8, 4) is 0 Å². The van der Waals surface area contributed by atoms with Crippen LogP contribution in [0.25, 0.3) is 0 Å². The minimum Gasteiger partial charge on any atom is -0.0588 e. The van der Waals surface area contributed by atoms with Crippen molar-refractivity contribution in [1.82, 2.24) is 0 Å². The summed E-state index contributed by atoms with van der Waals surface area (Å²) >= 11 is 0. The molecule has 0 aliphatic rings. The smallest absolute Gasteiger partial charge is 0.0146 e. The van der Waals surface area contributed by atoms with Gasteiger partial charge in [-0.1, -0.05) is 62.4 Å². The summed E-state index contributed by atoms with van der Waals surface area (Å²) in [7, 11) is 0. The molecule has 0 N–H and O–H groups in total. The van der Waals surface area contributed by atoms with Crippen LogP contribution < -0.4 is 0 Å². The van der Waals surface area contributed by atoms with Gasteiger partial charge in [-0.2, -0.15) is 0 Å². The van der Waals surface area contributed by atoms with Crippen LogP contribution in [0.5, 0.6) is 0 Å². The van der Waals surface area contributed by atoms with Gasteiger partial charge in [0.1, 0.15) is 0 Å². The van der Waals surface area contributed by atoms with E-state index in [-0.39, 0.29) is 5.41 Å². The topological polar surface area (TPSA) is 0 Å². The molecule has 0 heteroatoms. The second-order valence-electron chi connectivity index (χ2n) is 9.24. The van der Waals surface area contributed by atoms with Gasteiger partial charge in [0.2, 0.25) is 0 Å². The van der Waals surface area contributed by atoms with Crippen LogP contribution in [0.4, 0.5) is 0 Å². The maximum Gasteiger partial charge on any atom is 0.0146 e. The lowest BCUT2D eigenvalue weighted by Crippen LogP contribution is -2.19. The summed E-state index contributed by atoms with van der Waals surface area (Å²) in [6, 6.07) is 18.1. The molecule has 0 fully saturated rings. The van der Waals surface area contributed by atoms with E-state index in [2.05, 4.69) is 118 Å². The molecule has 0 nitrogen and oxygen atoms in total. The van der Waals surface area contributed by atoms with Crippen molar-refractivity contribution in [2.75, 3.05) is 0 Å². The van der Waals surface area contributed by atoms with Crippen LogP contribution in [-0.4, -0.2) is 0 Å². The van der Waals surface area contributed by atoms with Crippen LogP contribution >= 0.6 is 0 Å². The summed E-state index contributed by atoms with van der Waals surface area (Å²) in [5.74, 6) is 0. The van der Waals surface area contributed by atoms with Gasteiger partial charge in [0.25, 0.3) is 0 Å². The van der Waals surface area contributed by atoms with Crippen molar-refractivity contribution in [2.45, 2.75) is 74.7 Å². The summed E-state index contributed by atoms with van der Waals surface area (Å²) in [6.45, 7) is 21.9. The molecule has 0 amide bonds. The lowest BCUT2D eigenvalue weighted by molar-refractivity contribution is 0.639. The Morgan fingerprint density at radius 2 is 0.655 bits per heavy atom. The van der Waals surface area contributed by atoms with Crippen molar-refractivity contribution < 1.29 is 0 Å². The highest BCUT2D eigenvalue weighted by Gasteiger charge is 2.23. The van der Waals surface area contributed by atoms with Gasteiger partial charge < -0.3 is 0 Å². The Hall–Kier alpha value is -2.34. The molecule has 0 radical (unpaired) electrons. The van der Waals surface area contributed by atoms with Crippen LogP contribution in [0.1, 0.15) is 69.5 Å². The number of benzene rings is 3. The second-order valence-corrected chi connectivity index (χ2v) is 9.24. The third kappa shape index (κ3) is 5.38. The van der Waals surface area contributed by atoms with E-state index in [9.17, 15) is 0 Å². The molecule has 0 saturated heterocycles. The fourth-order valence-electron chi connectivity index (χ4n) is 3.53. The monoisotopic (exact) mass is 386 g/mol. The Morgan fingerprint density at radius 3 is 0.931 bits per heavy atom. The van der Waals surface area contributed by atoms with Gasteiger partial charge in [0, 0.05) is 5.41 Å². The fourth-order valence-corrected chi connectivity index (χ4v) is 3.53. The van der Waals surface area contributed by atoms with Crippen molar-refractivity contribution in [2.24, 2.45) is 0 Å². The normalized spacial score (nSPS) is 11.1. The highest BCUT2D eigenvalue weighted by molar-refractivity contribution is 5.43. The van der Waals surface area contributed by atoms with E-state index in [1.807, 2.05) is 0 Å². The molecule has 0 spiro atoms. The third-order valence-electron chi connectivity index (χ3n) is 6.57. The quantitative estimate of drug-likeness (QED) is 0.416. The van der Waals surface area contributed by atoms with Gasteiger partial charge >= 0.3 is 0 Å². The van der Waals surface area contributed by atoms with Crippen LogP contribution in [0.3, 0.4) is 0 Å². The Balaban J connectivity index is 0.000000253. The summed E-state index contributed by atoms with van der Waals surface area (Å²) in [6.07, 6.45) is 0. The first-order chi connectivity index (χ1) is 13.4. The maximum absolute atomic E-state index is 2.32. The van der Waals surface area contributed by atoms with Crippen LogP contribution in [0.2, 0.25) is 0 Å². The summed E-state index contributed by atoms with van der Waals surface area (Å²) < 4.78 is 0. The Morgan fingerprint density at radius 1 is 0.379 bits per heavy atom. The molecule has 154 valence electrons. The molecule has 0 aliphatic carbocycles. The first kappa shape index (κ1) is 22.9. The van der Waals surface area contributed by atoms with E-state index in [0.29, 0.717) is 0 Å². The molecule has 3 aromatic rings. The van der Waals surface area contributed by atoms with E-state index in [1.165, 1.54) is 55.6 Å². The third-order valence-corrected chi connectivity index (χ3v) is 6.57. The van der Waals surface area contributed by atoms with Crippen LogP contribution in [0, 0.1) is 55.4 Å². The molecule has 0 aromatic heterocycles. The molecular formula is C29H38. The zero-order chi connectivity index (χ0) is 21.9. The first-order valence-corrected chi connectivity index (χ1v) is 10.6. The lowest BCUT2D eigenvalue weighted by atomic mass is 9.76. The van der Waals surface area contributed by atoms with E-state index >= 15 is 0 Å². The van der Waals surface area contributed by atoms with Crippen molar-refractivity contribution in [3.05, 3.63) is 104 Å². The van der Waals surface area contributed by atoms with Gasteiger partial charge in [-0.25, -0.2) is 0 Å². The zero-order valence-corrected chi connectivity index (χ0v) is 20.1. The van der Waals surface area contributed by atoms with E-state index in [0.717, 1.165) is 0 Å². The van der Waals surface area contributed by atoms with Crippen LogP contribution in [0.15, 0.2) is 48.5 Å². The average molecular weight is 387 g/mol. The van der Waals surface area contributed by atoms with E-state index in [4.69, 9.17) is 0 Å². The summed E-state index contributed by atoms with van der Waals surface area (Å²) in [5, 5.41) is 0. The molecule has 0 unspecified atom stereocenters. The molecular weight excluding hydrogens is 348 g/mol. The number of aryl methyl sites for hydroxylation is 8. The van der Waals surface area contributed by atoms with Gasteiger partial charge in [0.05, 0.1) is 0 Å². The first-order valence-electron chi connectivity index (χ1n) is 10.6. The predicted octanol–water partition coefficient (Wildman–Crippen LogP) is 8.17. The standard InChI is InChI=1S/C19H24.C10H14/c1-13-7-9-17(11-15(13)3)19(5,6)18-10-8-14(2)16(4)12-18;1-7-5-9(3)10(4)6-8(7)2/h7-12H,1-6H3;5-6H,1-4H3. The molecule has 3 rings (SSSR count). The summed E-state index contributed by atoms with van der Waals surface area (Å²) in [5.41, 5.74) is 13.9. The molecule has 0 heterocycles. The number of hydrogen-bond acceptors (Lipinski definition) is 0. The zero-order valence-electron chi connectivity index (χ0n) is 20.1. The molecule has 0 bridgehead atoms. The predicted molar refractivity (Wildman–Crippen MR) is 129 cm³/mol. The number of rotatable bonds is 2. The van der Waals surface area contributed by atoms with E-state index < -0.39 is 0 Å². The van der Waals surface area contributed by atoms with Crippen molar-refractivity contribution >= 4 is 0 Å². The Kier molecular flexibility index (Phi) is 7.11. The average Bonchev–Trinajstić information content (AvgIpc) is 2.65. The highest BCUT2D eigenvalue weighted by Crippen LogP contribution is 2.33. The minimum atomic E-state index is 0.0525. The SMILES string of the molecule is Cc1cc(C)c(C)cc1C.Cc1ccc(C(C)(C)c2ccc(C)c(C)c2)cc1C. The maximum atomic E-state index is 2.32. The Bertz CT molecular complexity index is 899. The minimum absolute atomic E-state index is 0.0525. The van der Waals surface area contributed by atoms with Gasteiger partial charge in [-0.15, -0.1) is 0 Å². The summed E-state index contributed by atoms with van der Waals surface area (Å²) in [4.78, 5) is 0. The molecule has 0 saturated carbocycles. The molecule has 0 atom stereocenters. The number of hydrogen-bond donors (Lipinski definition) is 0. The fraction of sp³-hybridized carbons (Fsp3) is 0.379. The second kappa shape index (κ2) is 8.99.